The molecule has 3 aromatic heterocycles. The van der Waals surface area contributed by atoms with Crippen molar-refractivity contribution >= 4 is 22.5 Å². The Balaban J connectivity index is 1.61. The number of pyridine rings is 1. The van der Waals surface area contributed by atoms with Crippen molar-refractivity contribution < 1.29 is 0 Å². The van der Waals surface area contributed by atoms with Crippen LogP contribution < -0.4 is 9.80 Å². The minimum Gasteiger partial charge on any atom is -0.368 e. The van der Waals surface area contributed by atoms with Gasteiger partial charge in [0.2, 0.25) is 0 Å². The van der Waals surface area contributed by atoms with Gasteiger partial charge in [0, 0.05) is 57.7 Å². The van der Waals surface area contributed by atoms with Crippen LogP contribution in [0.4, 0.5) is 11.5 Å². The Morgan fingerprint density at radius 2 is 1.80 bits per heavy atom. The molecule has 3 aromatic rings. The second-order valence-electron chi connectivity index (χ2n) is 6.46. The Kier molecular flexibility index (Phi) is 3.99. The Hall–Kier alpha value is -2.70. The van der Waals surface area contributed by atoms with Gasteiger partial charge in [0.15, 0.2) is 5.65 Å². The van der Waals surface area contributed by atoms with Crippen LogP contribution in [-0.4, -0.2) is 50.9 Å². The van der Waals surface area contributed by atoms with Crippen molar-refractivity contribution in [3.05, 3.63) is 36.0 Å². The molecule has 25 heavy (non-hydrogen) atoms. The zero-order valence-electron chi connectivity index (χ0n) is 15.0. The molecular formula is C18H23N7. The SMILES string of the molecule is CCc1nc(N2CCN(c3ccncc3C)CC2)c2cnn(C)c2n1. The molecule has 130 valence electrons. The summed E-state index contributed by atoms with van der Waals surface area (Å²) >= 11 is 0. The van der Waals surface area contributed by atoms with E-state index in [1.54, 1.807) is 0 Å². The van der Waals surface area contributed by atoms with Crippen molar-refractivity contribution in [2.24, 2.45) is 7.05 Å². The molecule has 1 fully saturated rings. The molecule has 1 aliphatic heterocycles. The molecule has 1 aliphatic rings. The molecule has 0 saturated carbocycles. The molecule has 0 bridgehead atoms. The Labute approximate surface area is 147 Å². The van der Waals surface area contributed by atoms with Crippen molar-refractivity contribution in [3.63, 3.8) is 0 Å². The van der Waals surface area contributed by atoms with Crippen LogP contribution in [0.2, 0.25) is 0 Å². The molecule has 0 unspecified atom stereocenters. The van der Waals surface area contributed by atoms with E-state index in [0.717, 1.165) is 55.3 Å². The summed E-state index contributed by atoms with van der Waals surface area (Å²) in [6, 6.07) is 2.10. The van der Waals surface area contributed by atoms with Gasteiger partial charge >= 0.3 is 0 Å². The number of hydrogen-bond acceptors (Lipinski definition) is 6. The van der Waals surface area contributed by atoms with E-state index >= 15 is 0 Å². The van der Waals surface area contributed by atoms with E-state index in [-0.39, 0.29) is 0 Å². The topological polar surface area (TPSA) is 63.0 Å². The second-order valence-corrected chi connectivity index (χ2v) is 6.46. The van der Waals surface area contributed by atoms with Crippen LogP contribution in [0, 0.1) is 6.92 Å². The minimum atomic E-state index is 0.824. The van der Waals surface area contributed by atoms with E-state index in [1.807, 2.05) is 30.3 Å². The zero-order chi connectivity index (χ0) is 17.4. The number of nitrogens with zero attached hydrogens (tertiary/aromatic N) is 7. The molecule has 4 heterocycles. The lowest BCUT2D eigenvalue weighted by Gasteiger charge is -2.37. The maximum absolute atomic E-state index is 4.80. The fourth-order valence-electron chi connectivity index (χ4n) is 3.43. The first-order valence-corrected chi connectivity index (χ1v) is 8.76. The predicted molar refractivity (Wildman–Crippen MR) is 99.1 cm³/mol. The highest BCUT2D eigenvalue weighted by atomic mass is 15.3. The largest absolute Gasteiger partial charge is 0.368 e. The third-order valence-electron chi connectivity index (χ3n) is 4.85. The summed E-state index contributed by atoms with van der Waals surface area (Å²) in [6.45, 7) is 8.02. The second kappa shape index (κ2) is 6.31. The smallest absolute Gasteiger partial charge is 0.163 e. The van der Waals surface area contributed by atoms with E-state index in [0.29, 0.717) is 0 Å². The van der Waals surface area contributed by atoms with Crippen LogP contribution in [0.5, 0.6) is 0 Å². The number of hydrogen-bond donors (Lipinski definition) is 0. The molecule has 0 amide bonds. The first-order valence-electron chi connectivity index (χ1n) is 8.76. The summed E-state index contributed by atoms with van der Waals surface area (Å²) in [7, 11) is 1.93. The number of rotatable bonds is 3. The molecule has 0 spiro atoms. The van der Waals surface area contributed by atoms with Crippen LogP contribution in [0.3, 0.4) is 0 Å². The predicted octanol–water partition coefficient (Wildman–Crippen LogP) is 1.96. The molecule has 7 heteroatoms. The van der Waals surface area contributed by atoms with E-state index in [2.05, 4.69) is 44.8 Å². The van der Waals surface area contributed by atoms with Gasteiger partial charge in [-0.25, -0.2) is 9.97 Å². The summed E-state index contributed by atoms with van der Waals surface area (Å²) in [5, 5.41) is 5.41. The average Bonchev–Trinajstić information content (AvgIpc) is 3.03. The van der Waals surface area contributed by atoms with Crippen molar-refractivity contribution in [3.8, 4) is 0 Å². The molecule has 7 nitrogen and oxygen atoms in total. The first-order chi connectivity index (χ1) is 12.2. The summed E-state index contributed by atoms with van der Waals surface area (Å²) < 4.78 is 1.83. The zero-order valence-corrected chi connectivity index (χ0v) is 15.0. The normalized spacial score (nSPS) is 15.2. The number of aromatic nitrogens is 5. The molecule has 0 N–H and O–H groups in total. The van der Waals surface area contributed by atoms with E-state index in [1.165, 1.54) is 11.3 Å². The lowest BCUT2D eigenvalue weighted by atomic mass is 10.2. The monoisotopic (exact) mass is 337 g/mol. The number of fused-ring (bicyclic) bond motifs is 1. The molecule has 0 radical (unpaired) electrons. The van der Waals surface area contributed by atoms with Gasteiger partial charge in [0.05, 0.1) is 11.6 Å². The van der Waals surface area contributed by atoms with Gasteiger partial charge in [-0.3, -0.25) is 9.67 Å². The highest BCUT2D eigenvalue weighted by molar-refractivity contribution is 5.87. The van der Waals surface area contributed by atoms with Gasteiger partial charge in [-0.15, -0.1) is 0 Å². The Morgan fingerprint density at radius 1 is 1.04 bits per heavy atom. The third-order valence-corrected chi connectivity index (χ3v) is 4.85. The Morgan fingerprint density at radius 3 is 2.52 bits per heavy atom. The number of anilines is 2. The standard InChI is InChI=1S/C18H23N7/c1-4-16-21-17-14(12-20-23(17)3)18(22-16)25-9-7-24(8-10-25)15-5-6-19-11-13(15)2/h5-6,11-12H,4,7-10H2,1-3H3. The van der Waals surface area contributed by atoms with Gasteiger partial charge in [0.25, 0.3) is 0 Å². The maximum atomic E-state index is 4.80. The molecule has 0 aliphatic carbocycles. The molecular weight excluding hydrogens is 314 g/mol. The van der Waals surface area contributed by atoms with Gasteiger partial charge in [-0.05, 0) is 18.6 Å². The lowest BCUT2D eigenvalue weighted by Crippen LogP contribution is -2.47. The molecule has 1 saturated heterocycles. The van der Waals surface area contributed by atoms with Crippen LogP contribution in [-0.2, 0) is 13.5 Å². The molecule has 4 rings (SSSR count). The van der Waals surface area contributed by atoms with Crippen molar-refractivity contribution in [2.45, 2.75) is 20.3 Å². The van der Waals surface area contributed by atoms with E-state index in [9.17, 15) is 0 Å². The van der Waals surface area contributed by atoms with Crippen LogP contribution >= 0.6 is 0 Å². The Bertz CT molecular complexity index is 894. The van der Waals surface area contributed by atoms with Crippen LogP contribution in [0.15, 0.2) is 24.7 Å². The number of aryl methyl sites for hydroxylation is 3. The van der Waals surface area contributed by atoms with Gasteiger partial charge in [0.1, 0.15) is 11.6 Å². The van der Waals surface area contributed by atoms with Gasteiger partial charge < -0.3 is 9.80 Å². The summed E-state index contributed by atoms with van der Waals surface area (Å²) in [5.74, 6) is 1.89. The van der Waals surface area contributed by atoms with E-state index in [4.69, 9.17) is 4.98 Å². The van der Waals surface area contributed by atoms with Crippen LogP contribution in [0.1, 0.15) is 18.3 Å². The number of piperazine rings is 1. The van der Waals surface area contributed by atoms with Gasteiger partial charge in [-0.1, -0.05) is 6.92 Å². The molecule has 0 aromatic carbocycles. The summed E-state index contributed by atoms with van der Waals surface area (Å²) in [5.41, 5.74) is 3.41. The minimum absolute atomic E-state index is 0.824. The summed E-state index contributed by atoms with van der Waals surface area (Å²) in [6.07, 6.45) is 6.50. The van der Waals surface area contributed by atoms with Crippen molar-refractivity contribution in [1.29, 1.82) is 0 Å². The quantitative estimate of drug-likeness (QED) is 0.728. The fraction of sp³-hybridized carbons (Fsp3) is 0.444. The lowest BCUT2D eigenvalue weighted by molar-refractivity contribution is 0.645. The van der Waals surface area contributed by atoms with Gasteiger partial charge in [-0.2, -0.15) is 5.10 Å². The van der Waals surface area contributed by atoms with Crippen molar-refractivity contribution in [1.82, 2.24) is 24.7 Å². The maximum Gasteiger partial charge on any atom is 0.163 e. The van der Waals surface area contributed by atoms with E-state index < -0.39 is 0 Å². The highest BCUT2D eigenvalue weighted by Gasteiger charge is 2.22. The van der Waals surface area contributed by atoms with Crippen molar-refractivity contribution in [2.75, 3.05) is 36.0 Å². The first kappa shape index (κ1) is 15.8. The van der Waals surface area contributed by atoms with Crippen LogP contribution in [0.25, 0.3) is 11.0 Å². The fourth-order valence-corrected chi connectivity index (χ4v) is 3.43. The molecule has 0 atom stereocenters. The third kappa shape index (κ3) is 2.79. The highest BCUT2D eigenvalue weighted by Crippen LogP contribution is 2.26. The average molecular weight is 337 g/mol. The summed E-state index contributed by atoms with van der Waals surface area (Å²) in [4.78, 5) is 18.4.